The maximum absolute atomic E-state index is 12.1. The Morgan fingerprint density at radius 3 is 2.45 bits per heavy atom. The van der Waals surface area contributed by atoms with E-state index in [0.717, 1.165) is 5.56 Å². The molecule has 0 fully saturated rings. The van der Waals surface area contributed by atoms with E-state index in [1.165, 1.54) is 29.8 Å². The highest BCUT2D eigenvalue weighted by molar-refractivity contribution is 5.71. The highest BCUT2D eigenvalue weighted by Gasteiger charge is 2.20. The maximum atomic E-state index is 12.1. The lowest BCUT2D eigenvalue weighted by Crippen LogP contribution is -2.17. The van der Waals surface area contributed by atoms with Crippen molar-refractivity contribution in [3.05, 3.63) is 69.6 Å². The number of rotatable bonds is 8. The van der Waals surface area contributed by atoms with Crippen LogP contribution in [0.3, 0.4) is 0 Å². The molecule has 0 spiro atoms. The van der Waals surface area contributed by atoms with E-state index in [2.05, 4.69) is 24.0 Å². The number of esters is 1. The average Bonchev–Trinajstić information content (AvgIpc) is 3.22. The fourth-order valence-corrected chi connectivity index (χ4v) is 3.05. The van der Waals surface area contributed by atoms with Gasteiger partial charge in [0, 0.05) is 17.7 Å². The summed E-state index contributed by atoms with van der Waals surface area (Å²) in [5.41, 5.74) is 2.80. The minimum Gasteiger partial charge on any atom is -0.482 e. The van der Waals surface area contributed by atoms with Gasteiger partial charge in [0.15, 0.2) is 12.7 Å². The Kier molecular flexibility index (Phi) is 6.64. The molecule has 162 valence electrons. The molecule has 0 bridgehead atoms. The average molecular weight is 425 g/mol. The number of nitro benzene ring substituents is 1. The van der Waals surface area contributed by atoms with Gasteiger partial charge >= 0.3 is 5.97 Å². The van der Waals surface area contributed by atoms with Gasteiger partial charge in [0.2, 0.25) is 5.89 Å². The Morgan fingerprint density at radius 2 is 1.84 bits per heavy atom. The molecule has 9 nitrogen and oxygen atoms in total. The van der Waals surface area contributed by atoms with Crippen molar-refractivity contribution >= 4 is 11.7 Å². The monoisotopic (exact) mass is 425 g/mol. The van der Waals surface area contributed by atoms with Gasteiger partial charge in [0.05, 0.1) is 4.92 Å². The van der Waals surface area contributed by atoms with E-state index in [0.29, 0.717) is 17.2 Å². The van der Waals surface area contributed by atoms with E-state index >= 15 is 0 Å². The van der Waals surface area contributed by atoms with Gasteiger partial charge in [-0.1, -0.05) is 19.9 Å². The van der Waals surface area contributed by atoms with Crippen molar-refractivity contribution in [2.45, 2.75) is 39.7 Å². The van der Waals surface area contributed by atoms with Gasteiger partial charge in [0.1, 0.15) is 5.75 Å². The summed E-state index contributed by atoms with van der Waals surface area (Å²) in [5, 5.41) is 18.5. The van der Waals surface area contributed by atoms with Crippen LogP contribution in [0.15, 0.2) is 46.9 Å². The molecule has 0 amide bonds. The zero-order valence-electron chi connectivity index (χ0n) is 17.7. The van der Waals surface area contributed by atoms with Crippen molar-refractivity contribution < 1.29 is 23.6 Å². The number of hydrogen-bond donors (Lipinski definition) is 0. The molecule has 1 unspecified atom stereocenters. The number of hydrogen-bond acceptors (Lipinski definition) is 8. The Labute approximate surface area is 179 Å². The van der Waals surface area contributed by atoms with Crippen LogP contribution in [0.4, 0.5) is 5.69 Å². The predicted octanol–water partition coefficient (Wildman–Crippen LogP) is 4.76. The third kappa shape index (κ3) is 5.44. The smallest absolute Gasteiger partial charge is 0.344 e. The molecule has 0 aliphatic carbocycles. The first-order chi connectivity index (χ1) is 14.7. The van der Waals surface area contributed by atoms with Crippen LogP contribution in [-0.2, 0) is 9.53 Å². The first-order valence-corrected chi connectivity index (χ1v) is 9.75. The summed E-state index contributed by atoms with van der Waals surface area (Å²) in [5.74, 6) is 0.701. The van der Waals surface area contributed by atoms with Gasteiger partial charge < -0.3 is 13.9 Å². The number of ether oxygens (including phenoxy) is 2. The van der Waals surface area contributed by atoms with Crippen LogP contribution >= 0.6 is 0 Å². The first kappa shape index (κ1) is 21.9. The number of aryl methyl sites for hydroxylation is 1. The fraction of sp³-hybridized carbons (Fsp3) is 0.318. The molecule has 31 heavy (non-hydrogen) atoms. The Balaban J connectivity index is 1.56. The molecule has 3 rings (SSSR count). The van der Waals surface area contributed by atoms with Crippen LogP contribution in [0.5, 0.6) is 5.75 Å². The lowest BCUT2D eigenvalue weighted by Gasteiger charge is -2.13. The molecule has 2 aromatic carbocycles. The Bertz CT molecular complexity index is 1080. The normalized spacial score (nSPS) is 11.9. The van der Waals surface area contributed by atoms with E-state index in [4.69, 9.17) is 13.9 Å². The molecule has 9 heteroatoms. The highest BCUT2D eigenvalue weighted by Crippen LogP contribution is 2.25. The highest BCUT2D eigenvalue weighted by atomic mass is 16.6. The molecule has 3 aromatic rings. The van der Waals surface area contributed by atoms with Crippen LogP contribution in [0.25, 0.3) is 11.5 Å². The summed E-state index contributed by atoms with van der Waals surface area (Å²) in [7, 11) is 0. The van der Waals surface area contributed by atoms with Crippen LogP contribution < -0.4 is 4.74 Å². The molecule has 0 radical (unpaired) electrons. The zero-order valence-corrected chi connectivity index (χ0v) is 17.7. The summed E-state index contributed by atoms with van der Waals surface area (Å²) < 4.78 is 16.4. The number of nitrogens with zero attached hydrogens (tertiary/aromatic N) is 3. The minimum absolute atomic E-state index is 0.0418. The van der Waals surface area contributed by atoms with Crippen LogP contribution in [0.1, 0.15) is 49.8 Å². The molecular weight excluding hydrogens is 402 g/mol. The zero-order chi connectivity index (χ0) is 22.5. The number of carbonyl (C=O) groups is 1. The van der Waals surface area contributed by atoms with Crippen LogP contribution in [0.2, 0.25) is 0 Å². The van der Waals surface area contributed by atoms with Crippen molar-refractivity contribution in [1.29, 1.82) is 0 Å². The fourth-order valence-electron chi connectivity index (χ4n) is 3.05. The van der Waals surface area contributed by atoms with Gasteiger partial charge in [0.25, 0.3) is 11.6 Å². The SMILES string of the molecule is Cc1cc(OCC(=O)OC(C)c2nnc(-c3ccc([N+](=O)[O-])cc3)o2)ccc1C(C)C. The third-order valence-electron chi connectivity index (χ3n) is 4.64. The lowest BCUT2D eigenvalue weighted by atomic mass is 9.98. The molecule has 1 aromatic heterocycles. The quantitative estimate of drug-likeness (QED) is 0.288. The van der Waals surface area contributed by atoms with Gasteiger partial charge in [-0.2, -0.15) is 0 Å². The molecule has 1 heterocycles. The largest absolute Gasteiger partial charge is 0.482 e. The molecular formula is C22H23N3O6. The summed E-state index contributed by atoms with van der Waals surface area (Å²) in [6.07, 6.45) is -0.777. The second kappa shape index (κ2) is 9.38. The van der Waals surface area contributed by atoms with Gasteiger partial charge in [-0.15, -0.1) is 10.2 Å². The topological polar surface area (TPSA) is 118 Å². The van der Waals surface area contributed by atoms with Crippen molar-refractivity contribution in [2.24, 2.45) is 0 Å². The van der Waals surface area contributed by atoms with E-state index in [1.807, 2.05) is 25.1 Å². The Hall–Kier alpha value is -3.75. The van der Waals surface area contributed by atoms with Crippen molar-refractivity contribution in [3.8, 4) is 17.2 Å². The third-order valence-corrected chi connectivity index (χ3v) is 4.64. The van der Waals surface area contributed by atoms with Crippen LogP contribution in [-0.4, -0.2) is 27.7 Å². The molecule has 0 N–H and O–H groups in total. The summed E-state index contributed by atoms with van der Waals surface area (Å²) in [6, 6.07) is 11.4. The van der Waals surface area contributed by atoms with E-state index in [-0.39, 0.29) is 24.1 Å². The number of nitro groups is 1. The van der Waals surface area contributed by atoms with E-state index in [1.54, 1.807) is 6.92 Å². The van der Waals surface area contributed by atoms with E-state index < -0.39 is 17.0 Å². The summed E-state index contributed by atoms with van der Waals surface area (Å²) >= 11 is 0. The molecule has 0 aliphatic heterocycles. The molecule has 0 saturated heterocycles. The van der Waals surface area contributed by atoms with Crippen LogP contribution in [0, 0.1) is 17.0 Å². The van der Waals surface area contributed by atoms with E-state index in [9.17, 15) is 14.9 Å². The number of non-ortho nitro benzene ring substituents is 1. The number of carbonyl (C=O) groups excluding carboxylic acids is 1. The van der Waals surface area contributed by atoms with Crippen molar-refractivity contribution in [1.82, 2.24) is 10.2 Å². The van der Waals surface area contributed by atoms with Gasteiger partial charge in [-0.05, 0) is 55.2 Å². The second-order valence-corrected chi connectivity index (χ2v) is 7.34. The molecule has 0 aliphatic rings. The Morgan fingerprint density at radius 1 is 1.13 bits per heavy atom. The lowest BCUT2D eigenvalue weighted by molar-refractivity contribution is -0.384. The molecule has 1 atom stereocenters. The molecule has 0 saturated carbocycles. The predicted molar refractivity (Wildman–Crippen MR) is 112 cm³/mol. The van der Waals surface area contributed by atoms with Gasteiger partial charge in [-0.3, -0.25) is 10.1 Å². The summed E-state index contributed by atoms with van der Waals surface area (Å²) in [4.78, 5) is 22.4. The number of benzene rings is 2. The summed E-state index contributed by atoms with van der Waals surface area (Å²) in [6.45, 7) is 7.58. The standard InChI is InChI=1S/C22H23N3O6/c1-13(2)19-10-9-18(11-14(19)3)29-12-20(26)30-15(4)21-23-24-22(31-21)16-5-7-17(8-6-16)25(27)28/h5-11,13,15H,12H2,1-4H3. The van der Waals surface area contributed by atoms with Gasteiger partial charge in [-0.25, -0.2) is 4.79 Å². The second-order valence-electron chi connectivity index (χ2n) is 7.34. The number of aromatic nitrogens is 2. The first-order valence-electron chi connectivity index (χ1n) is 9.75. The minimum atomic E-state index is -0.777. The van der Waals surface area contributed by atoms with Crippen molar-refractivity contribution in [3.63, 3.8) is 0 Å². The van der Waals surface area contributed by atoms with Crippen molar-refractivity contribution in [2.75, 3.05) is 6.61 Å². The maximum Gasteiger partial charge on any atom is 0.344 e.